The Kier molecular flexibility index (Phi) is 5.36. The van der Waals surface area contributed by atoms with Crippen LogP contribution in [-0.4, -0.2) is 49.1 Å². The van der Waals surface area contributed by atoms with E-state index in [9.17, 15) is 9.59 Å². The second kappa shape index (κ2) is 6.78. The minimum Gasteiger partial charge on any atom is -0.480 e. The summed E-state index contributed by atoms with van der Waals surface area (Å²) < 4.78 is 0. The van der Waals surface area contributed by atoms with Crippen LogP contribution in [0.2, 0.25) is 0 Å². The molecule has 0 bridgehead atoms. The standard InChI is InChI=1S/C14H20N2O3/c1-4-9-15(2)12-7-5-11(6-8-12)14(19)16(3)10-13(17)18/h5-8H,4,9-10H2,1-3H3,(H,17,18). The van der Waals surface area contributed by atoms with Crippen LogP contribution in [0.15, 0.2) is 24.3 Å². The Bertz CT molecular complexity index is 443. The number of hydrogen-bond acceptors (Lipinski definition) is 3. The number of rotatable bonds is 6. The number of nitrogens with zero attached hydrogens (tertiary/aromatic N) is 2. The van der Waals surface area contributed by atoms with Crippen molar-refractivity contribution in [1.29, 1.82) is 0 Å². The maximum Gasteiger partial charge on any atom is 0.323 e. The van der Waals surface area contributed by atoms with Gasteiger partial charge in [-0.25, -0.2) is 0 Å². The third kappa shape index (κ3) is 4.28. The fraction of sp³-hybridized carbons (Fsp3) is 0.429. The zero-order valence-corrected chi connectivity index (χ0v) is 11.6. The third-order valence-electron chi connectivity index (χ3n) is 2.83. The van der Waals surface area contributed by atoms with Crippen LogP contribution >= 0.6 is 0 Å². The van der Waals surface area contributed by atoms with E-state index in [4.69, 9.17) is 5.11 Å². The second-order valence-corrected chi connectivity index (χ2v) is 4.52. The predicted molar refractivity (Wildman–Crippen MR) is 74.6 cm³/mol. The molecule has 1 rings (SSSR count). The Morgan fingerprint density at radius 1 is 1.16 bits per heavy atom. The van der Waals surface area contributed by atoms with E-state index in [1.165, 1.54) is 11.9 Å². The summed E-state index contributed by atoms with van der Waals surface area (Å²) in [4.78, 5) is 25.8. The summed E-state index contributed by atoms with van der Waals surface area (Å²) in [6, 6.07) is 7.19. The van der Waals surface area contributed by atoms with E-state index in [2.05, 4.69) is 11.8 Å². The summed E-state index contributed by atoms with van der Waals surface area (Å²) in [6.07, 6.45) is 1.05. The van der Waals surface area contributed by atoms with Gasteiger partial charge >= 0.3 is 5.97 Å². The summed E-state index contributed by atoms with van der Waals surface area (Å²) >= 11 is 0. The van der Waals surface area contributed by atoms with Crippen LogP contribution in [0, 0.1) is 0 Å². The first-order valence-corrected chi connectivity index (χ1v) is 6.24. The van der Waals surface area contributed by atoms with Gasteiger partial charge in [-0.3, -0.25) is 9.59 Å². The second-order valence-electron chi connectivity index (χ2n) is 4.52. The predicted octanol–water partition coefficient (Wildman–Crippen LogP) is 1.69. The molecule has 1 amide bonds. The van der Waals surface area contributed by atoms with Crippen molar-refractivity contribution in [3.63, 3.8) is 0 Å². The van der Waals surface area contributed by atoms with E-state index >= 15 is 0 Å². The number of anilines is 1. The lowest BCUT2D eigenvalue weighted by Gasteiger charge is -2.19. The van der Waals surface area contributed by atoms with Gasteiger partial charge in [0.25, 0.3) is 5.91 Å². The third-order valence-corrected chi connectivity index (χ3v) is 2.83. The van der Waals surface area contributed by atoms with Gasteiger partial charge in [0.15, 0.2) is 0 Å². The monoisotopic (exact) mass is 264 g/mol. The van der Waals surface area contributed by atoms with Crippen LogP contribution in [0.25, 0.3) is 0 Å². The molecule has 0 saturated heterocycles. The first-order valence-electron chi connectivity index (χ1n) is 6.24. The van der Waals surface area contributed by atoms with Crippen LogP contribution in [0.1, 0.15) is 23.7 Å². The molecule has 0 spiro atoms. The van der Waals surface area contributed by atoms with Gasteiger partial charge in [-0.05, 0) is 30.7 Å². The number of likely N-dealkylation sites (N-methyl/N-ethyl adjacent to an activating group) is 1. The molecule has 0 fully saturated rings. The topological polar surface area (TPSA) is 60.9 Å². The summed E-state index contributed by atoms with van der Waals surface area (Å²) in [5.74, 6) is -1.30. The molecule has 1 N–H and O–H groups in total. The molecule has 0 saturated carbocycles. The molecule has 104 valence electrons. The Morgan fingerprint density at radius 2 is 1.74 bits per heavy atom. The average molecular weight is 264 g/mol. The zero-order valence-electron chi connectivity index (χ0n) is 11.6. The normalized spacial score (nSPS) is 10.1. The maximum atomic E-state index is 11.9. The smallest absolute Gasteiger partial charge is 0.323 e. The quantitative estimate of drug-likeness (QED) is 0.849. The van der Waals surface area contributed by atoms with Crippen LogP contribution in [0.5, 0.6) is 0 Å². The lowest BCUT2D eigenvalue weighted by Crippen LogP contribution is -2.31. The van der Waals surface area contributed by atoms with Gasteiger partial charge in [0.05, 0.1) is 0 Å². The number of carboxylic acids is 1. The van der Waals surface area contributed by atoms with Gasteiger partial charge in [-0.1, -0.05) is 6.92 Å². The summed E-state index contributed by atoms with van der Waals surface area (Å²) in [7, 11) is 3.48. The van der Waals surface area contributed by atoms with Crippen molar-refractivity contribution >= 4 is 17.6 Å². The van der Waals surface area contributed by atoms with Crippen LogP contribution in [0.4, 0.5) is 5.69 Å². The molecule has 0 aromatic heterocycles. The van der Waals surface area contributed by atoms with E-state index in [1.807, 2.05) is 19.2 Å². The van der Waals surface area contributed by atoms with Crippen molar-refractivity contribution in [3.8, 4) is 0 Å². The molecule has 0 unspecified atom stereocenters. The van der Waals surface area contributed by atoms with E-state index in [0.29, 0.717) is 5.56 Å². The summed E-state index contributed by atoms with van der Waals surface area (Å²) in [6.45, 7) is 2.76. The Labute approximate surface area is 113 Å². The maximum absolute atomic E-state index is 11.9. The SMILES string of the molecule is CCCN(C)c1ccc(C(=O)N(C)CC(=O)O)cc1. The van der Waals surface area contributed by atoms with Crippen molar-refractivity contribution < 1.29 is 14.7 Å². The molecule has 5 heteroatoms. The van der Waals surface area contributed by atoms with Crippen LogP contribution in [-0.2, 0) is 4.79 Å². The van der Waals surface area contributed by atoms with Crippen LogP contribution in [0.3, 0.4) is 0 Å². The lowest BCUT2D eigenvalue weighted by atomic mass is 10.1. The van der Waals surface area contributed by atoms with Gasteiger partial charge in [0.2, 0.25) is 0 Å². The molecule has 0 aliphatic rings. The molecule has 1 aromatic rings. The fourth-order valence-corrected chi connectivity index (χ4v) is 1.82. The molecule has 0 aliphatic carbocycles. The molecule has 0 radical (unpaired) electrons. The highest BCUT2D eigenvalue weighted by Gasteiger charge is 2.14. The Hall–Kier alpha value is -2.04. The Balaban J connectivity index is 2.75. The van der Waals surface area contributed by atoms with E-state index in [0.717, 1.165) is 18.7 Å². The van der Waals surface area contributed by atoms with Crippen molar-refractivity contribution in [2.75, 3.05) is 32.1 Å². The van der Waals surface area contributed by atoms with Gasteiger partial charge in [0.1, 0.15) is 6.54 Å². The van der Waals surface area contributed by atoms with Crippen LogP contribution < -0.4 is 4.90 Å². The number of amides is 1. The molecule has 0 atom stereocenters. The van der Waals surface area contributed by atoms with Crippen molar-refractivity contribution in [2.24, 2.45) is 0 Å². The molecule has 19 heavy (non-hydrogen) atoms. The highest BCUT2D eigenvalue weighted by molar-refractivity contribution is 5.95. The molecule has 1 aromatic carbocycles. The summed E-state index contributed by atoms with van der Waals surface area (Å²) in [5, 5.41) is 8.66. The van der Waals surface area contributed by atoms with E-state index < -0.39 is 5.97 Å². The Morgan fingerprint density at radius 3 is 2.21 bits per heavy atom. The summed E-state index contributed by atoms with van der Waals surface area (Å²) in [5.41, 5.74) is 1.54. The molecular formula is C14H20N2O3. The number of carboxylic acid groups (broad SMARTS) is 1. The van der Waals surface area contributed by atoms with Gasteiger partial charge in [-0.15, -0.1) is 0 Å². The molecule has 0 aliphatic heterocycles. The van der Waals surface area contributed by atoms with Crippen molar-refractivity contribution in [2.45, 2.75) is 13.3 Å². The fourth-order valence-electron chi connectivity index (χ4n) is 1.82. The lowest BCUT2D eigenvalue weighted by molar-refractivity contribution is -0.137. The van der Waals surface area contributed by atoms with Gasteiger partial charge in [-0.2, -0.15) is 0 Å². The average Bonchev–Trinajstić information content (AvgIpc) is 2.37. The first kappa shape index (κ1) is 15.0. The number of carbonyl (C=O) groups is 2. The van der Waals surface area contributed by atoms with Gasteiger partial charge in [0, 0.05) is 31.9 Å². The highest BCUT2D eigenvalue weighted by atomic mass is 16.4. The van der Waals surface area contributed by atoms with E-state index in [1.54, 1.807) is 12.1 Å². The zero-order chi connectivity index (χ0) is 14.4. The van der Waals surface area contributed by atoms with Gasteiger partial charge < -0.3 is 14.9 Å². The first-order chi connectivity index (χ1) is 8.95. The van der Waals surface area contributed by atoms with Crippen molar-refractivity contribution in [3.05, 3.63) is 29.8 Å². The highest BCUT2D eigenvalue weighted by Crippen LogP contribution is 2.15. The number of benzene rings is 1. The largest absolute Gasteiger partial charge is 0.480 e. The molecule has 0 heterocycles. The molecular weight excluding hydrogens is 244 g/mol. The van der Waals surface area contributed by atoms with Crippen molar-refractivity contribution in [1.82, 2.24) is 4.90 Å². The number of carbonyl (C=O) groups excluding carboxylic acids is 1. The number of hydrogen-bond donors (Lipinski definition) is 1. The minimum absolute atomic E-state index is 0.285. The molecule has 5 nitrogen and oxygen atoms in total. The van der Waals surface area contributed by atoms with E-state index in [-0.39, 0.29) is 12.5 Å². The number of aliphatic carboxylic acids is 1. The minimum atomic E-state index is -1.02.